The molecule has 0 aliphatic carbocycles. The van der Waals surface area contributed by atoms with Gasteiger partial charge in [0.15, 0.2) is 0 Å². The van der Waals surface area contributed by atoms with Gasteiger partial charge in [0.2, 0.25) is 11.8 Å². The van der Waals surface area contributed by atoms with Crippen molar-refractivity contribution in [3.63, 3.8) is 0 Å². The van der Waals surface area contributed by atoms with Crippen LogP contribution >= 0.6 is 23.2 Å². The molecule has 2 aromatic carbocycles. The molecule has 0 fully saturated rings. The maximum atomic E-state index is 12.6. The monoisotopic (exact) mass is 422 g/mol. The summed E-state index contributed by atoms with van der Waals surface area (Å²) in [5, 5.41) is 3.90. The van der Waals surface area contributed by atoms with Crippen LogP contribution < -0.4 is 10.1 Å². The van der Waals surface area contributed by atoms with Gasteiger partial charge in [-0.1, -0.05) is 48.3 Å². The van der Waals surface area contributed by atoms with Crippen molar-refractivity contribution < 1.29 is 14.3 Å². The molecule has 0 aromatic heterocycles. The fraction of sp³-hybridized carbons (Fsp3) is 0.333. The molecule has 2 aromatic rings. The average molecular weight is 423 g/mol. The summed E-state index contributed by atoms with van der Waals surface area (Å²) >= 11 is 12.1. The number of benzene rings is 2. The van der Waals surface area contributed by atoms with Crippen molar-refractivity contribution in [2.24, 2.45) is 0 Å². The molecular weight excluding hydrogens is 399 g/mol. The molecule has 0 spiro atoms. The average Bonchev–Trinajstić information content (AvgIpc) is 2.67. The summed E-state index contributed by atoms with van der Waals surface area (Å²) in [6.45, 7) is 2.46. The molecule has 5 nitrogen and oxygen atoms in total. The van der Waals surface area contributed by atoms with E-state index in [9.17, 15) is 9.59 Å². The lowest BCUT2D eigenvalue weighted by Crippen LogP contribution is -2.38. The molecule has 0 radical (unpaired) electrons. The van der Waals surface area contributed by atoms with Crippen LogP contribution in [0.4, 0.5) is 5.69 Å². The number of rotatable bonds is 9. The maximum Gasteiger partial charge on any atom is 0.244 e. The fourth-order valence-corrected chi connectivity index (χ4v) is 3.30. The smallest absolute Gasteiger partial charge is 0.244 e. The highest BCUT2D eigenvalue weighted by Crippen LogP contribution is 2.24. The van der Waals surface area contributed by atoms with Crippen LogP contribution in [0.5, 0.6) is 5.75 Å². The Morgan fingerprint density at radius 2 is 1.89 bits per heavy atom. The molecule has 7 heteroatoms. The Kier molecular flexibility index (Phi) is 8.61. The Labute approximate surface area is 175 Å². The zero-order valence-electron chi connectivity index (χ0n) is 16.0. The molecule has 28 heavy (non-hydrogen) atoms. The summed E-state index contributed by atoms with van der Waals surface area (Å²) in [4.78, 5) is 26.7. The normalized spacial score (nSPS) is 10.4. The predicted octanol–water partition coefficient (Wildman–Crippen LogP) is 4.81. The van der Waals surface area contributed by atoms with Crippen molar-refractivity contribution in [2.45, 2.75) is 26.2 Å². The van der Waals surface area contributed by atoms with Gasteiger partial charge in [-0.25, -0.2) is 0 Å². The third-order valence-corrected chi connectivity index (χ3v) is 4.77. The number of hydrogen-bond donors (Lipinski definition) is 1. The van der Waals surface area contributed by atoms with Crippen molar-refractivity contribution in [3.05, 3.63) is 58.1 Å². The Balaban J connectivity index is 1.97. The van der Waals surface area contributed by atoms with Crippen LogP contribution in [0, 0.1) is 0 Å². The highest BCUT2D eigenvalue weighted by molar-refractivity contribution is 6.35. The van der Waals surface area contributed by atoms with Gasteiger partial charge in [0.25, 0.3) is 0 Å². The fourth-order valence-electron chi connectivity index (χ4n) is 2.80. The first-order chi connectivity index (χ1) is 13.4. The topological polar surface area (TPSA) is 58.6 Å². The van der Waals surface area contributed by atoms with Crippen LogP contribution in [-0.4, -0.2) is 36.9 Å². The number of halogens is 2. The first-order valence-corrected chi connectivity index (χ1v) is 9.84. The molecule has 0 saturated carbocycles. The molecule has 2 amide bonds. The molecule has 2 rings (SSSR count). The summed E-state index contributed by atoms with van der Waals surface area (Å²) in [5.74, 6) is 0.209. The molecule has 1 N–H and O–H groups in total. The Hall–Kier alpha value is -2.24. The molecule has 0 aliphatic rings. The zero-order valence-corrected chi connectivity index (χ0v) is 17.5. The minimum atomic E-state index is -0.268. The van der Waals surface area contributed by atoms with Crippen LogP contribution in [0.25, 0.3) is 0 Å². The van der Waals surface area contributed by atoms with E-state index in [1.807, 2.05) is 25.1 Å². The number of hydrogen-bond acceptors (Lipinski definition) is 3. The molecule has 0 aliphatic heterocycles. The predicted molar refractivity (Wildman–Crippen MR) is 113 cm³/mol. The Bertz CT molecular complexity index is 827. The first kappa shape index (κ1) is 22.1. The number of ether oxygens (including phenoxy) is 1. The second-order valence-electron chi connectivity index (χ2n) is 6.30. The number of carbonyl (C=O) groups excluding carboxylic acids is 2. The number of para-hydroxylation sites is 2. The lowest BCUT2D eigenvalue weighted by Gasteiger charge is -2.22. The molecular formula is C21H24Cl2N2O3. The van der Waals surface area contributed by atoms with E-state index in [1.165, 1.54) is 0 Å². The van der Waals surface area contributed by atoms with Crippen LogP contribution in [0.15, 0.2) is 42.5 Å². The summed E-state index contributed by atoms with van der Waals surface area (Å²) in [5.41, 5.74) is 1.43. The zero-order chi connectivity index (χ0) is 20.5. The Morgan fingerprint density at radius 1 is 1.14 bits per heavy atom. The van der Waals surface area contributed by atoms with Crippen molar-refractivity contribution in [2.75, 3.05) is 25.5 Å². The van der Waals surface area contributed by atoms with Crippen molar-refractivity contribution >= 4 is 40.7 Å². The Morgan fingerprint density at radius 3 is 2.57 bits per heavy atom. The van der Waals surface area contributed by atoms with Crippen LogP contribution in [-0.2, 0) is 16.0 Å². The van der Waals surface area contributed by atoms with Gasteiger partial charge < -0.3 is 15.0 Å². The number of nitrogens with one attached hydrogen (secondary N) is 1. The van der Waals surface area contributed by atoms with Crippen LogP contribution in [0.3, 0.4) is 0 Å². The minimum Gasteiger partial charge on any atom is -0.495 e. The van der Waals surface area contributed by atoms with E-state index >= 15 is 0 Å². The quantitative estimate of drug-likeness (QED) is 0.630. The van der Waals surface area contributed by atoms with Crippen molar-refractivity contribution in [3.8, 4) is 5.75 Å². The second kappa shape index (κ2) is 10.9. The van der Waals surface area contributed by atoms with E-state index in [2.05, 4.69) is 5.32 Å². The summed E-state index contributed by atoms with van der Waals surface area (Å²) in [6.07, 6.45) is 1.52. The highest BCUT2D eigenvalue weighted by Gasteiger charge is 2.18. The molecule has 150 valence electrons. The van der Waals surface area contributed by atoms with E-state index in [-0.39, 0.29) is 24.8 Å². The van der Waals surface area contributed by atoms with Gasteiger partial charge in [0.05, 0.1) is 19.3 Å². The SMILES string of the molecule is CCCN(CC(=O)Nc1ccccc1OC)C(=O)CCc1ccc(Cl)cc1Cl. The van der Waals surface area contributed by atoms with Crippen molar-refractivity contribution in [1.82, 2.24) is 4.90 Å². The first-order valence-electron chi connectivity index (χ1n) is 9.09. The van der Waals surface area contributed by atoms with E-state index in [4.69, 9.17) is 27.9 Å². The van der Waals surface area contributed by atoms with Gasteiger partial charge in [0.1, 0.15) is 5.75 Å². The number of methoxy groups -OCH3 is 1. The van der Waals surface area contributed by atoms with Gasteiger partial charge in [-0.15, -0.1) is 0 Å². The van der Waals surface area contributed by atoms with Gasteiger partial charge >= 0.3 is 0 Å². The summed E-state index contributed by atoms with van der Waals surface area (Å²) in [6, 6.07) is 12.4. The lowest BCUT2D eigenvalue weighted by molar-refractivity contribution is -0.134. The summed E-state index contributed by atoms with van der Waals surface area (Å²) in [7, 11) is 1.54. The van der Waals surface area contributed by atoms with Crippen LogP contribution in [0.2, 0.25) is 10.0 Å². The lowest BCUT2D eigenvalue weighted by atomic mass is 10.1. The largest absolute Gasteiger partial charge is 0.495 e. The third kappa shape index (κ3) is 6.43. The van der Waals surface area contributed by atoms with Crippen molar-refractivity contribution in [1.29, 1.82) is 0 Å². The molecule has 0 saturated heterocycles. The van der Waals surface area contributed by atoms with E-state index in [0.29, 0.717) is 34.4 Å². The summed E-state index contributed by atoms with van der Waals surface area (Å²) < 4.78 is 5.24. The van der Waals surface area contributed by atoms with Crippen LogP contribution in [0.1, 0.15) is 25.3 Å². The molecule has 0 heterocycles. The molecule has 0 unspecified atom stereocenters. The highest BCUT2D eigenvalue weighted by atomic mass is 35.5. The van der Waals surface area contributed by atoms with E-state index in [1.54, 1.807) is 36.3 Å². The number of nitrogens with zero attached hydrogens (tertiary/aromatic N) is 1. The standard InChI is InChI=1S/C21H24Cl2N2O3/c1-3-12-25(14-20(26)24-18-6-4-5-7-19(18)28-2)21(27)11-9-15-8-10-16(22)13-17(15)23/h4-8,10,13H,3,9,11-12,14H2,1-2H3,(H,24,26). The van der Waals surface area contributed by atoms with Gasteiger partial charge in [0, 0.05) is 23.0 Å². The molecule has 0 atom stereocenters. The second-order valence-corrected chi connectivity index (χ2v) is 7.14. The third-order valence-electron chi connectivity index (χ3n) is 4.19. The van der Waals surface area contributed by atoms with E-state index < -0.39 is 0 Å². The van der Waals surface area contributed by atoms with Gasteiger partial charge in [-0.2, -0.15) is 0 Å². The minimum absolute atomic E-state index is 0.0148. The molecule has 0 bridgehead atoms. The van der Waals surface area contributed by atoms with E-state index in [0.717, 1.165) is 12.0 Å². The number of aryl methyl sites for hydroxylation is 1. The van der Waals surface area contributed by atoms with Gasteiger partial charge in [-0.3, -0.25) is 9.59 Å². The number of anilines is 1. The number of amides is 2. The van der Waals surface area contributed by atoms with Gasteiger partial charge in [-0.05, 0) is 42.7 Å². The number of carbonyl (C=O) groups is 2. The maximum absolute atomic E-state index is 12.6.